The zero-order valence-electron chi connectivity index (χ0n) is 9.71. The summed E-state index contributed by atoms with van der Waals surface area (Å²) < 4.78 is 13.5. The van der Waals surface area contributed by atoms with Gasteiger partial charge in [-0.25, -0.2) is 4.39 Å². The van der Waals surface area contributed by atoms with Crippen LogP contribution in [0.2, 0.25) is 0 Å². The molecule has 92 valence electrons. The van der Waals surface area contributed by atoms with E-state index in [0.29, 0.717) is 0 Å². The second kappa shape index (κ2) is 5.51. The highest BCUT2D eigenvalue weighted by Gasteiger charge is 2.22. The van der Waals surface area contributed by atoms with Gasteiger partial charge in [0.25, 0.3) is 0 Å². The summed E-state index contributed by atoms with van der Waals surface area (Å²) in [5.41, 5.74) is 6.46. The standard InChI is InChI=1S/C14H13FN2O/c15-13-9-17-7-6-11(13)14(18)12(8-16)10-4-2-1-3-5-10/h1-7,9,12H,8,16H2. The molecule has 2 N–H and O–H groups in total. The van der Waals surface area contributed by atoms with Crippen LogP contribution in [0.15, 0.2) is 48.8 Å². The maximum Gasteiger partial charge on any atom is 0.174 e. The van der Waals surface area contributed by atoms with Crippen molar-refractivity contribution in [2.24, 2.45) is 5.73 Å². The van der Waals surface area contributed by atoms with E-state index in [9.17, 15) is 9.18 Å². The van der Waals surface area contributed by atoms with Crippen molar-refractivity contribution in [3.63, 3.8) is 0 Å². The molecule has 0 amide bonds. The lowest BCUT2D eigenvalue weighted by Gasteiger charge is -2.14. The average Bonchev–Trinajstić information content (AvgIpc) is 2.41. The quantitative estimate of drug-likeness (QED) is 0.838. The Kier molecular flexibility index (Phi) is 3.79. The van der Waals surface area contributed by atoms with Crippen LogP contribution in [0.1, 0.15) is 21.8 Å². The minimum absolute atomic E-state index is 0.0318. The van der Waals surface area contributed by atoms with Crippen molar-refractivity contribution >= 4 is 5.78 Å². The van der Waals surface area contributed by atoms with Gasteiger partial charge in [0.2, 0.25) is 0 Å². The lowest BCUT2D eigenvalue weighted by Crippen LogP contribution is -2.22. The molecule has 18 heavy (non-hydrogen) atoms. The fraction of sp³-hybridized carbons (Fsp3) is 0.143. The van der Waals surface area contributed by atoms with Gasteiger partial charge in [-0.2, -0.15) is 0 Å². The zero-order chi connectivity index (χ0) is 13.0. The highest BCUT2D eigenvalue weighted by Crippen LogP contribution is 2.21. The van der Waals surface area contributed by atoms with Gasteiger partial charge < -0.3 is 5.73 Å². The third-order valence-electron chi connectivity index (χ3n) is 2.79. The topological polar surface area (TPSA) is 56.0 Å². The number of pyridine rings is 1. The third-order valence-corrected chi connectivity index (χ3v) is 2.79. The molecule has 1 atom stereocenters. The number of rotatable bonds is 4. The Hall–Kier alpha value is -2.07. The maximum atomic E-state index is 13.5. The largest absolute Gasteiger partial charge is 0.329 e. The first-order valence-electron chi connectivity index (χ1n) is 5.62. The first-order valence-corrected chi connectivity index (χ1v) is 5.62. The van der Waals surface area contributed by atoms with Gasteiger partial charge in [-0.15, -0.1) is 0 Å². The molecule has 0 radical (unpaired) electrons. The van der Waals surface area contributed by atoms with E-state index in [4.69, 9.17) is 5.73 Å². The number of Topliss-reactive ketones (excluding diaryl/α,β-unsaturated/α-hetero) is 1. The highest BCUT2D eigenvalue weighted by molar-refractivity contribution is 6.01. The molecule has 2 rings (SSSR count). The fourth-order valence-corrected chi connectivity index (χ4v) is 1.84. The van der Waals surface area contributed by atoms with Crippen LogP contribution in [-0.4, -0.2) is 17.3 Å². The molecule has 3 nitrogen and oxygen atoms in total. The lowest BCUT2D eigenvalue weighted by molar-refractivity contribution is 0.0958. The first-order chi connectivity index (χ1) is 8.74. The smallest absolute Gasteiger partial charge is 0.174 e. The van der Waals surface area contributed by atoms with Crippen molar-refractivity contribution in [1.82, 2.24) is 4.98 Å². The van der Waals surface area contributed by atoms with Crippen LogP contribution >= 0.6 is 0 Å². The van der Waals surface area contributed by atoms with Gasteiger partial charge in [0, 0.05) is 12.7 Å². The van der Waals surface area contributed by atoms with Crippen molar-refractivity contribution in [3.05, 3.63) is 65.7 Å². The van der Waals surface area contributed by atoms with E-state index < -0.39 is 11.7 Å². The summed E-state index contributed by atoms with van der Waals surface area (Å²) in [7, 11) is 0. The van der Waals surface area contributed by atoms with Crippen molar-refractivity contribution in [2.45, 2.75) is 5.92 Å². The Morgan fingerprint density at radius 1 is 1.28 bits per heavy atom. The first kappa shape index (κ1) is 12.4. The number of halogens is 1. The molecule has 4 heteroatoms. The molecule has 1 aromatic carbocycles. The van der Waals surface area contributed by atoms with E-state index in [-0.39, 0.29) is 17.9 Å². The van der Waals surface area contributed by atoms with E-state index in [1.807, 2.05) is 30.3 Å². The van der Waals surface area contributed by atoms with Crippen molar-refractivity contribution in [3.8, 4) is 0 Å². The van der Waals surface area contributed by atoms with E-state index in [1.54, 1.807) is 0 Å². The highest BCUT2D eigenvalue weighted by atomic mass is 19.1. The summed E-state index contributed by atoms with van der Waals surface area (Å²) in [5.74, 6) is -1.46. The van der Waals surface area contributed by atoms with Crippen molar-refractivity contribution in [1.29, 1.82) is 0 Å². The molecule has 0 bridgehead atoms. The van der Waals surface area contributed by atoms with Gasteiger partial charge in [0.15, 0.2) is 11.6 Å². The summed E-state index contributed by atoms with van der Waals surface area (Å²) >= 11 is 0. The Morgan fingerprint density at radius 2 is 2.00 bits per heavy atom. The molecule has 1 aromatic heterocycles. The summed E-state index contributed by atoms with van der Waals surface area (Å²) in [6.07, 6.45) is 2.43. The van der Waals surface area contributed by atoms with Gasteiger partial charge in [0.05, 0.1) is 17.7 Å². The molecule has 1 heterocycles. The van der Waals surface area contributed by atoms with Gasteiger partial charge in [-0.1, -0.05) is 30.3 Å². The molecule has 0 spiro atoms. The van der Waals surface area contributed by atoms with Gasteiger partial charge in [0.1, 0.15) is 0 Å². The molecule has 0 fully saturated rings. The number of carbonyl (C=O) groups excluding carboxylic acids is 1. The monoisotopic (exact) mass is 244 g/mol. The van der Waals surface area contributed by atoms with Gasteiger partial charge in [-0.05, 0) is 11.6 Å². The average molecular weight is 244 g/mol. The fourth-order valence-electron chi connectivity index (χ4n) is 1.84. The van der Waals surface area contributed by atoms with Crippen LogP contribution in [0.3, 0.4) is 0 Å². The lowest BCUT2D eigenvalue weighted by atomic mass is 9.91. The van der Waals surface area contributed by atoms with Crippen LogP contribution < -0.4 is 5.73 Å². The Balaban J connectivity index is 2.35. The molecule has 0 saturated heterocycles. The number of ketones is 1. The Labute approximate surface area is 104 Å². The number of aromatic nitrogens is 1. The summed E-state index contributed by atoms with van der Waals surface area (Å²) in [6, 6.07) is 10.5. The zero-order valence-corrected chi connectivity index (χ0v) is 9.71. The number of benzene rings is 1. The van der Waals surface area contributed by atoms with Crippen molar-refractivity contribution in [2.75, 3.05) is 6.54 Å². The summed E-state index contributed by atoms with van der Waals surface area (Å²) in [6.45, 7) is 0.143. The second-order valence-electron chi connectivity index (χ2n) is 3.92. The number of hydrogen-bond donors (Lipinski definition) is 1. The molecular weight excluding hydrogens is 231 g/mol. The normalized spacial score (nSPS) is 12.1. The molecule has 0 aliphatic carbocycles. The summed E-state index contributed by atoms with van der Waals surface area (Å²) in [4.78, 5) is 15.9. The van der Waals surface area contributed by atoms with Crippen LogP contribution in [0.25, 0.3) is 0 Å². The van der Waals surface area contributed by atoms with Crippen molar-refractivity contribution < 1.29 is 9.18 Å². The van der Waals surface area contributed by atoms with Gasteiger partial charge >= 0.3 is 0 Å². The van der Waals surface area contributed by atoms with Crippen LogP contribution in [0, 0.1) is 5.82 Å². The van der Waals surface area contributed by atoms with E-state index >= 15 is 0 Å². The molecule has 0 aliphatic rings. The number of carbonyl (C=O) groups is 1. The molecular formula is C14H13FN2O. The number of nitrogens with zero attached hydrogens (tertiary/aromatic N) is 1. The predicted octanol–water partition coefficient (Wildman–Crippen LogP) is 2.15. The van der Waals surface area contributed by atoms with E-state index in [1.165, 1.54) is 12.3 Å². The Bertz CT molecular complexity index is 543. The maximum absolute atomic E-state index is 13.5. The number of nitrogens with two attached hydrogens (primary N) is 1. The third kappa shape index (κ3) is 2.43. The predicted molar refractivity (Wildman–Crippen MR) is 66.8 cm³/mol. The van der Waals surface area contributed by atoms with Crippen LogP contribution in [0.5, 0.6) is 0 Å². The summed E-state index contributed by atoms with van der Waals surface area (Å²) in [5, 5.41) is 0. The van der Waals surface area contributed by atoms with Crippen LogP contribution in [-0.2, 0) is 0 Å². The molecule has 1 unspecified atom stereocenters. The SMILES string of the molecule is NCC(C(=O)c1ccncc1F)c1ccccc1. The van der Waals surface area contributed by atoms with E-state index in [2.05, 4.69) is 4.98 Å². The van der Waals surface area contributed by atoms with Gasteiger partial charge in [-0.3, -0.25) is 9.78 Å². The molecule has 0 saturated carbocycles. The van der Waals surface area contributed by atoms with Crippen LogP contribution in [0.4, 0.5) is 4.39 Å². The Morgan fingerprint density at radius 3 is 2.61 bits per heavy atom. The van der Waals surface area contributed by atoms with E-state index in [0.717, 1.165) is 11.8 Å². The molecule has 0 aliphatic heterocycles. The molecule has 2 aromatic rings. The minimum Gasteiger partial charge on any atom is -0.329 e. The number of hydrogen-bond acceptors (Lipinski definition) is 3. The second-order valence-corrected chi connectivity index (χ2v) is 3.92. The minimum atomic E-state index is -0.614.